The zero-order valence-corrected chi connectivity index (χ0v) is 19.2. The molecule has 6 nitrogen and oxygen atoms in total. The molecule has 0 atom stereocenters. The molecule has 0 aromatic carbocycles. The van der Waals surface area contributed by atoms with Crippen LogP contribution >= 0.6 is 35.3 Å². The standard InChI is InChI=1S/C17H31N5OS.HI/c1-7-18-15(23)17(5,6)11-21-16(19-8-2)20-9-14-22-13(10-24-14)12(3)4;/h10,12H,7-9,11H2,1-6H3,(H,18,23)(H2,19,20,21);1H. The number of carbonyl (C=O) groups is 1. The number of nitrogens with one attached hydrogen (secondary N) is 3. The van der Waals surface area contributed by atoms with Crippen molar-refractivity contribution in [1.82, 2.24) is 20.9 Å². The van der Waals surface area contributed by atoms with Crippen LogP contribution in [0.2, 0.25) is 0 Å². The molecule has 0 aliphatic rings. The fourth-order valence-corrected chi connectivity index (χ4v) is 2.81. The van der Waals surface area contributed by atoms with Gasteiger partial charge in [0.05, 0.1) is 17.7 Å². The predicted molar refractivity (Wildman–Crippen MR) is 117 cm³/mol. The predicted octanol–water partition coefficient (Wildman–Crippen LogP) is 3.10. The molecule has 1 amide bonds. The number of rotatable bonds is 8. The van der Waals surface area contributed by atoms with E-state index in [1.54, 1.807) is 11.3 Å². The van der Waals surface area contributed by atoms with Crippen LogP contribution in [0.15, 0.2) is 10.4 Å². The molecule has 0 spiro atoms. The van der Waals surface area contributed by atoms with Gasteiger partial charge >= 0.3 is 0 Å². The molecule has 0 bridgehead atoms. The summed E-state index contributed by atoms with van der Waals surface area (Å²) < 4.78 is 0. The highest BCUT2D eigenvalue weighted by Crippen LogP contribution is 2.18. The van der Waals surface area contributed by atoms with Crippen LogP contribution in [-0.4, -0.2) is 36.5 Å². The minimum Gasteiger partial charge on any atom is -0.357 e. The van der Waals surface area contributed by atoms with Crippen LogP contribution in [0.4, 0.5) is 0 Å². The monoisotopic (exact) mass is 481 g/mol. The van der Waals surface area contributed by atoms with E-state index in [0.29, 0.717) is 31.5 Å². The third kappa shape index (κ3) is 8.35. The van der Waals surface area contributed by atoms with Gasteiger partial charge in [0.2, 0.25) is 5.91 Å². The van der Waals surface area contributed by atoms with Crippen molar-refractivity contribution in [3.63, 3.8) is 0 Å². The first kappa shape index (κ1) is 24.1. The summed E-state index contributed by atoms with van der Waals surface area (Å²) in [6.07, 6.45) is 0. The number of guanidine groups is 1. The van der Waals surface area contributed by atoms with Crippen LogP contribution in [-0.2, 0) is 11.3 Å². The summed E-state index contributed by atoms with van der Waals surface area (Å²) in [7, 11) is 0. The van der Waals surface area contributed by atoms with Gasteiger partial charge in [0.15, 0.2) is 5.96 Å². The first-order valence-electron chi connectivity index (χ1n) is 8.55. The van der Waals surface area contributed by atoms with Crippen molar-refractivity contribution in [2.45, 2.75) is 54.0 Å². The van der Waals surface area contributed by atoms with E-state index in [4.69, 9.17) is 0 Å². The maximum Gasteiger partial charge on any atom is 0.227 e. The zero-order chi connectivity index (χ0) is 18.2. The summed E-state index contributed by atoms with van der Waals surface area (Å²) in [6.45, 7) is 14.5. The maximum absolute atomic E-state index is 12.1. The van der Waals surface area contributed by atoms with E-state index in [2.05, 4.69) is 45.2 Å². The van der Waals surface area contributed by atoms with Gasteiger partial charge in [-0.25, -0.2) is 9.98 Å². The zero-order valence-electron chi connectivity index (χ0n) is 16.1. The van der Waals surface area contributed by atoms with E-state index in [1.165, 1.54) is 0 Å². The Morgan fingerprint density at radius 3 is 2.40 bits per heavy atom. The first-order chi connectivity index (χ1) is 11.3. The lowest BCUT2D eigenvalue weighted by Crippen LogP contribution is -2.47. The van der Waals surface area contributed by atoms with Gasteiger partial charge < -0.3 is 16.0 Å². The quantitative estimate of drug-likeness (QED) is 0.303. The van der Waals surface area contributed by atoms with Gasteiger partial charge in [-0.05, 0) is 33.6 Å². The topological polar surface area (TPSA) is 78.4 Å². The Kier molecular flexibility index (Phi) is 11.2. The van der Waals surface area contributed by atoms with Crippen LogP contribution in [0.1, 0.15) is 58.2 Å². The molecule has 144 valence electrons. The van der Waals surface area contributed by atoms with Crippen molar-refractivity contribution in [2.24, 2.45) is 10.4 Å². The lowest BCUT2D eigenvalue weighted by molar-refractivity contribution is -0.128. The lowest BCUT2D eigenvalue weighted by Gasteiger charge is -2.24. The van der Waals surface area contributed by atoms with Crippen molar-refractivity contribution < 1.29 is 4.79 Å². The van der Waals surface area contributed by atoms with Gasteiger partial charge in [0.25, 0.3) is 0 Å². The Morgan fingerprint density at radius 2 is 1.88 bits per heavy atom. The summed E-state index contributed by atoms with van der Waals surface area (Å²) >= 11 is 1.64. The van der Waals surface area contributed by atoms with E-state index in [-0.39, 0.29) is 29.9 Å². The second-order valence-electron chi connectivity index (χ2n) is 6.61. The molecule has 25 heavy (non-hydrogen) atoms. The maximum atomic E-state index is 12.1. The van der Waals surface area contributed by atoms with E-state index in [1.807, 2.05) is 27.7 Å². The largest absolute Gasteiger partial charge is 0.357 e. The number of hydrogen-bond donors (Lipinski definition) is 3. The Labute approximate surface area is 172 Å². The Balaban J connectivity index is 0.00000576. The second-order valence-corrected chi connectivity index (χ2v) is 7.56. The average Bonchev–Trinajstić information content (AvgIpc) is 2.99. The molecule has 0 saturated heterocycles. The molecule has 0 radical (unpaired) electrons. The molecule has 0 aliphatic carbocycles. The average molecular weight is 481 g/mol. The Hall–Kier alpha value is -0.900. The van der Waals surface area contributed by atoms with E-state index in [0.717, 1.165) is 17.2 Å². The van der Waals surface area contributed by atoms with Crippen LogP contribution in [0.25, 0.3) is 0 Å². The third-order valence-electron chi connectivity index (χ3n) is 3.53. The van der Waals surface area contributed by atoms with Crippen molar-refractivity contribution in [3.8, 4) is 0 Å². The fraction of sp³-hybridized carbons (Fsp3) is 0.706. The molecular formula is C17H32IN5OS. The van der Waals surface area contributed by atoms with E-state index < -0.39 is 5.41 Å². The van der Waals surface area contributed by atoms with E-state index >= 15 is 0 Å². The molecule has 8 heteroatoms. The number of amides is 1. The molecule has 1 aromatic heterocycles. The number of aliphatic imine (C=N–C) groups is 1. The summed E-state index contributed by atoms with van der Waals surface area (Å²) in [5.74, 6) is 1.18. The van der Waals surface area contributed by atoms with Gasteiger partial charge in [0.1, 0.15) is 5.01 Å². The highest BCUT2D eigenvalue weighted by Gasteiger charge is 2.27. The minimum absolute atomic E-state index is 0. The van der Waals surface area contributed by atoms with Crippen molar-refractivity contribution in [2.75, 3.05) is 19.6 Å². The third-order valence-corrected chi connectivity index (χ3v) is 4.38. The number of aromatic nitrogens is 1. The first-order valence-corrected chi connectivity index (χ1v) is 9.42. The molecule has 0 aliphatic heterocycles. The SMILES string of the molecule is CCNC(=O)C(C)(C)CNC(=NCc1nc(C(C)C)cs1)NCC.I. The molecule has 1 rings (SSSR count). The van der Waals surface area contributed by atoms with Crippen LogP contribution < -0.4 is 16.0 Å². The summed E-state index contributed by atoms with van der Waals surface area (Å²) in [5, 5.41) is 12.4. The number of carbonyl (C=O) groups excluding carboxylic acids is 1. The molecule has 0 saturated carbocycles. The number of halogens is 1. The fourth-order valence-electron chi connectivity index (χ4n) is 1.94. The summed E-state index contributed by atoms with van der Waals surface area (Å²) in [6, 6.07) is 0. The molecule has 0 fully saturated rings. The Bertz CT molecular complexity index is 557. The number of nitrogens with zero attached hydrogens (tertiary/aromatic N) is 2. The molecule has 3 N–H and O–H groups in total. The smallest absolute Gasteiger partial charge is 0.227 e. The van der Waals surface area contributed by atoms with Crippen molar-refractivity contribution in [3.05, 3.63) is 16.1 Å². The Morgan fingerprint density at radius 1 is 1.24 bits per heavy atom. The van der Waals surface area contributed by atoms with Gasteiger partial charge in [-0.1, -0.05) is 13.8 Å². The van der Waals surface area contributed by atoms with Crippen LogP contribution in [0.3, 0.4) is 0 Å². The summed E-state index contributed by atoms with van der Waals surface area (Å²) in [5.41, 5.74) is 0.610. The second kappa shape index (κ2) is 11.7. The van der Waals surface area contributed by atoms with Gasteiger partial charge in [-0.2, -0.15) is 0 Å². The lowest BCUT2D eigenvalue weighted by atomic mass is 9.92. The molecule has 1 aromatic rings. The van der Waals surface area contributed by atoms with E-state index in [9.17, 15) is 4.79 Å². The minimum atomic E-state index is -0.502. The molecule has 1 heterocycles. The van der Waals surface area contributed by atoms with Crippen molar-refractivity contribution in [1.29, 1.82) is 0 Å². The van der Waals surface area contributed by atoms with Crippen LogP contribution in [0, 0.1) is 5.41 Å². The van der Waals surface area contributed by atoms with Gasteiger partial charge in [0, 0.05) is 25.0 Å². The molecular weight excluding hydrogens is 449 g/mol. The highest BCUT2D eigenvalue weighted by molar-refractivity contribution is 14.0. The van der Waals surface area contributed by atoms with Gasteiger partial charge in [-0.3, -0.25) is 4.79 Å². The number of thiazole rings is 1. The highest BCUT2D eigenvalue weighted by atomic mass is 127. The number of hydrogen-bond acceptors (Lipinski definition) is 4. The van der Waals surface area contributed by atoms with Gasteiger partial charge in [-0.15, -0.1) is 35.3 Å². The van der Waals surface area contributed by atoms with Crippen LogP contribution in [0.5, 0.6) is 0 Å². The normalized spacial score (nSPS) is 11.9. The summed E-state index contributed by atoms with van der Waals surface area (Å²) in [4.78, 5) is 21.2. The molecule has 0 unspecified atom stereocenters. The van der Waals surface area contributed by atoms with Crippen molar-refractivity contribution >= 4 is 47.2 Å².